The van der Waals surface area contributed by atoms with Gasteiger partial charge in [-0.3, -0.25) is 4.79 Å². The van der Waals surface area contributed by atoms with Gasteiger partial charge in [0.1, 0.15) is 5.52 Å². The minimum absolute atomic E-state index is 0.206. The van der Waals surface area contributed by atoms with Crippen LogP contribution < -0.4 is 5.32 Å². The average molecular weight is 301 g/mol. The second-order valence-corrected chi connectivity index (χ2v) is 5.27. The maximum atomic E-state index is 12.3. The number of hydrogen-bond donors (Lipinski definition) is 1. The number of hydrogen-bond acceptors (Lipinski definition) is 3. The van der Waals surface area contributed by atoms with Crippen molar-refractivity contribution in [2.45, 2.75) is 13.8 Å². The summed E-state index contributed by atoms with van der Waals surface area (Å²) in [6.45, 7) is 3.69. The summed E-state index contributed by atoms with van der Waals surface area (Å²) in [5, 5.41) is 3.44. The van der Waals surface area contributed by atoms with E-state index in [2.05, 4.69) is 10.3 Å². The zero-order chi connectivity index (χ0) is 15.0. The van der Waals surface area contributed by atoms with Gasteiger partial charge in [-0.25, -0.2) is 4.98 Å². The lowest BCUT2D eigenvalue weighted by Crippen LogP contribution is -2.12. The first-order chi connectivity index (χ1) is 10.0. The normalized spacial score (nSPS) is 10.8. The van der Waals surface area contributed by atoms with Crippen molar-refractivity contribution in [1.82, 2.24) is 4.98 Å². The van der Waals surface area contributed by atoms with E-state index < -0.39 is 0 Å². The van der Waals surface area contributed by atoms with Gasteiger partial charge in [0, 0.05) is 23.2 Å². The number of anilines is 1. The minimum Gasteiger partial charge on any atom is -0.441 e. The van der Waals surface area contributed by atoms with Crippen molar-refractivity contribution in [2.24, 2.45) is 0 Å². The Kier molecular flexibility index (Phi) is 3.39. The lowest BCUT2D eigenvalue weighted by atomic mass is 10.1. The zero-order valence-corrected chi connectivity index (χ0v) is 12.4. The van der Waals surface area contributed by atoms with Gasteiger partial charge in [-0.05, 0) is 42.8 Å². The van der Waals surface area contributed by atoms with Crippen molar-refractivity contribution < 1.29 is 9.21 Å². The maximum Gasteiger partial charge on any atom is 0.255 e. The third kappa shape index (κ3) is 2.76. The molecule has 0 atom stereocenters. The number of nitrogens with one attached hydrogen (secondary N) is 1. The van der Waals surface area contributed by atoms with Gasteiger partial charge in [0.05, 0.1) is 0 Å². The van der Waals surface area contributed by atoms with Crippen LogP contribution in [0.15, 0.2) is 40.8 Å². The van der Waals surface area contributed by atoms with Gasteiger partial charge in [-0.2, -0.15) is 0 Å². The summed E-state index contributed by atoms with van der Waals surface area (Å²) >= 11 is 5.95. The Bertz CT molecular complexity index is 839. The van der Waals surface area contributed by atoms with E-state index in [9.17, 15) is 4.79 Å². The summed E-state index contributed by atoms with van der Waals surface area (Å²) in [4.78, 5) is 16.5. The van der Waals surface area contributed by atoms with E-state index in [0.717, 1.165) is 5.56 Å². The minimum atomic E-state index is -0.206. The van der Waals surface area contributed by atoms with Gasteiger partial charge >= 0.3 is 0 Å². The number of rotatable bonds is 2. The molecule has 106 valence electrons. The highest BCUT2D eigenvalue weighted by Gasteiger charge is 2.11. The van der Waals surface area contributed by atoms with Crippen LogP contribution in [0.1, 0.15) is 21.8 Å². The van der Waals surface area contributed by atoms with Crippen LogP contribution in [0.5, 0.6) is 0 Å². The molecule has 0 bridgehead atoms. The fourth-order valence-electron chi connectivity index (χ4n) is 2.11. The molecule has 1 aromatic heterocycles. The lowest BCUT2D eigenvalue weighted by Gasteiger charge is -2.08. The SMILES string of the molecule is Cc1nc2cc(C(=O)Nc3cc(Cl)ccc3C)ccc2o1. The molecule has 0 radical (unpaired) electrons. The number of aromatic nitrogens is 1. The summed E-state index contributed by atoms with van der Waals surface area (Å²) in [7, 11) is 0. The van der Waals surface area contributed by atoms with Crippen molar-refractivity contribution in [3.05, 3.63) is 58.4 Å². The number of nitrogens with zero attached hydrogens (tertiary/aromatic N) is 1. The summed E-state index contributed by atoms with van der Waals surface area (Å²) < 4.78 is 5.40. The molecule has 0 saturated carbocycles. The predicted octanol–water partition coefficient (Wildman–Crippen LogP) is 4.35. The highest BCUT2D eigenvalue weighted by Crippen LogP contribution is 2.22. The Labute approximate surface area is 126 Å². The van der Waals surface area contributed by atoms with Crippen LogP contribution in [-0.2, 0) is 0 Å². The van der Waals surface area contributed by atoms with E-state index in [1.807, 2.05) is 13.0 Å². The maximum absolute atomic E-state index is 12.3. The Balaban J connectivity index is 1.91. The quantitative estimate of drug-likeness (QED) is 0.765. The van der Waals surface area contributed by atoms with Crippen LogP contribution in [0.2, 0.25) is 5.02 Å². The van der Waals surface area contributed by atoms with Gasteiger partial charge in [-0.1, -0.05) is 17.7 Å². The van der Waals surface area contributed by atoms with E-state index >= 15 is 0 Å². The molecule has 2 aromatic carbocycles. The molecule has 1 amide bonds. The molecule has 0 aliphatic carbocycles. The molecule has 0 aliphatic heterocycles. The van der Waals surface area contributed by atoms with E-state index in [-0.39, 0.29) is 5.91 Å². The zero-order valence-electron chi connectivity index (χ0n) is 11.6. The Morgan fingerprint density at radius 1 is 1.19 bits per heavy atom. The molecule has 0 aliphatic rings. The van der Waals surface area contributed by atoms with Crippen LogP contribution in [0.25, 0.3) is 11.1 Å². The fraction of sp³-hybridized carbons (Fsp3) is 0.125. The summed E-state index contributed by atoms with van der Waals surface area (Å²) in [5.41, 5.74) is 3.51. The van der Waals surface area contributed by atoms with Crippen molar-refractivity contribution in [3.8, 4) is 0 Å². The smallest absolute Gasteiger partial charge is 0.255 e. The molecule has 0 fully saturated rings. The van der Waals surface area contributed by atoms with E-state index in [1.165, 1.54) is 0 Å². The Morgan fingerprint density at radius 3 is 2.81 bits per heavy atom. The van der Waals surface area contributed by atoms with Crippen molar-refractivity contribution in [2.75, 3.05) is 5.32 Å². The molecule has 0 unspecified atom stereocenters. The molecule has 5 heteroatoms. The van der Waals surface area contributed by atoms with Crippen LogP contribution >= 0.6 is 11.6 Å². The molecule has 21 heavy (non-hydrogen) atoms. The van der Waals surface area contributed by atoms with Crippen LogP contribution in [0.3, 0.4) is 0 Å². The predicted molar refractivity (Wildman–Crippen MR) is 82.9 cm³/mol. The Hall–Kier alpha value is -2.33. The highest BCUT2D eigenvalue weighted by molar-refractivity contribution is 6.31. The van der Waals surface area contributed by atoms with Gasteiger partial charge < -0.3 is 9.73 Å². The summed E-state index contributed by atoms with van der Waals surface area (Å²) in [6.07, 6.45) is 0. The van der Waals surface area contributed by atoms with Crippen LogP contribution in [0, 0.1) is 13.8 Å². The lowest BCUT2D eigenvalue weighted by molar-refractivity contribution is 0.102. The first-order valence-corrected chi connectivity index (χ1v) is 6.85. The Morgan fingerprint density at radius 2 is 2.00 bits per heavy atom. The number of carbonyl (C=O) groups is 1. The van der Waals surface area contributed by atoms with Crippen LogP contribution in [-0.4, -0.2) is 10.9 Å². The van der Waals surface area contributed by atoms with Crippen LogP contribution in [0.4, 0.5) is 5.69 Å². The number of halogens is 1. The first kappa shape index (κ1) is 13.6. The van der Waals surface area contributed by atoms with E-state index in [0.29, 0.717) is 33.3 Å². The summed E-state index contributed by atoms with van der Waals surface area (Å²) in [5.74, 6) is 0.371. The number of fused-ring (bicyclic) bond motifs is 1. The highest BCUT2D eigenvalue weighted by atomic mass is 35.5. The number of oxazole rings is 1. The molecule has 0 saturated heterocycles. The molecule has 1 heterocycles. The fourth-order valence-corrected chi connectivity index (χ4v) is 2.28. The van der Waals surface area contributed by atoms with Gasteiger partial charge in [0.25, 0.3) is 5.91 Å². The third-order valence-electron chi connectivity index (χ3n) is 3.20. The molecular formula is C16H13ClN2O2. The number of aryl methyl sites for hydroxylation is 2. The summed E-state index contributed by atoms with van der Waals surface area (Å²) in [6, 6.07) is 10.5. The number of benzene rings is 2. The topological polar surface area (TPSA) is 55.1 Å². The first-order valence-electron chi connectivity index (χ1n) is 6.47. The van der Waals surface area contributed by atoms with Crippen molar-refractivity contribution >= 4 is 34.3 Å². The van der Waals surface area contributed by atoms with Crippen molar-refractivity contribution in [3.63, 3.8) is 0 Å². The van der Waals surface area contributed by atoms with Gasteiger partial charge in [0.2, 0.25) is 0 Å². The largest absolute Gasteiger partial charge is 0.441 e. The number of amides is 1. The van der Waals surface area contributed by atoms with Gasteiger partial charge in [0.15, 0.2) is 11.5 Å². The molecular weight excluding hydrogens is 288 g/mol. The monoisotopic (exact) mass is 300 g/mol. The standard InChI is InChI=1S/C16H13ClN2O2/c1-9-3-5-12(17)8-13(9)19-16(20)11-4-6-15-14(7-11)18-10(2)21-15/h3-8H,1-2H3,(H,19,20). The second-order valence-electron chi connectivity index (χ2n) is 4.83. The molecule has 1 N–H and O–H groups in total. The molecule has 4 nitrogen and oxygen atoms in total. The molecule has 0 spiro atoms. The molecule has 3 rings (SSSR count). The van der Waals surface area contributed by atoms with E-state index in [4.69, 9.17) is 16.0 Å². The number of carbonyl (C=O) groups excluding carboxylic acids is 1. The van der Waals surface area contributed by atoms with E-state index in [1.54, 1.807) is 37.3 Å². The second kappa shape index (κ2) is 5.22. The van der Waals surface area contributed by atoms with Crippen molar-refractivity contribution in [1.29, 1.82) is 0 Å². The third-order valence-corrected chi connectivity index (χ3v) is 3.44. The molecule has 3 aromatic rings. The average Bonchev–Trinajstić information content (AvgIpc) is 2.81. The van der Waals surface area contributed by atoms with Gasteiger partial charge in [-0.15, -0.1) is 0 Å².